The minimum atomic E-state index is -0.549. The Morgan fingerprint density at radius 3 is 2.50 bits per heavy atom. The summed E-state index contributed by atoms with van der Waals surface area (Å²) in [7, 11) is 0. The molecular weight excluding hydrogens is 203 g/mol. The predicted octanol–water partition coefficient (Wildman–Crippen LogP) is 3.53. The molecule has 0 unspecified atom stereocenters. The summed E-state index contributed by atoms with van der Waals surface area (Å²) in [5.74, 6) is -0.573. The van der Waals surface area contributed by atoms with Gasteiger partial charge in [0, 0.05) is 5.56 Å². The number of allylic oxidation sites excluding steroid dienone is 1. The first-order valence-corrected chi connectivity index (χ1v) is 4.65. The Bertz CT molecular complexity index is 356. The molecule has 0 aromatic heterocycles. The third-order valence-electron chi connectivity index (χ3n) is 2.34. The van der Waals surface area contributed by atoms with Gasteiger partial charge in [-0.05, 0) is 31.4 Å². The lowest BCUT2D eigenvalue weighted by atomic mass is 10.0. The molecule has 1 rings (SSSR count). The van der Waals surface area contributed by atoms with Crippen LogP contribution in [0.15, 0.2) is 12.7 Å². The smallest absolute Gasteiger partial charge is 0.149 e. The fourth-order valence-corrected chi connectivity index (χ4v) is 1.56. The normalized spacial score (nSPS) is 10.3. The van der Waals surface area contributed by atoms with Crippen LogP contribution in [0.4, 0.5) is 4.39 Å². The van der Waals surface area contributed by atoms with Gasteiger partial charge in [-0.25, -0.2) is 4.39 Å². The van der Waals surface area contributed by atoms with E-state index in [1.54, 1.807) is 13.8 Å². The van der Waals surface area contributed by atoms with E-state index in [1.807, 2.05) is 0 Å². The van der Waals surface area contributed by atoms with Gasteiger partial charge in [-0.1, -0.05) is 17.7 Å². The van der Waals surface area contributed by atoms with Crippen molar-refractivity contribution in [3.05, 3.63) is 40.2 Å². The van der Waals surface area contributed by atoms with Gasteiger partial charge in [-0.3, -0.25) is 0 Å². The third-order valence-corrected chi connectivity index (χ3v) is 2.79. The molecule has 1 nitrogen and oxygen atoms in total. The van der Waals surface area contributed by atoms with Crippen molar-refractivity contribution in [2.45, 2.75) is 20.3 Å². The van der Waals surface area contributed by atoms with E-state index in [4.69, 9.17) is 11.6 Å². The zero-order valence-corrected chi connectivity index (χ0v) is 8.95. The number of hydrogen-bond acceptors (Lipinski definition) is 1. The number of rotatable bonds is 2. The van der Waals surface area contributed by atoms with Crippen LogP contribution in [0, 0.1) is 19.7 Å². The second-order valence-corrected chi connectivity index (χ2v) is 3.58. The number of benzene rings is 1. The second kappa shape index (κ2) is 4.01. The maximum atomic E-state index is 13.6. The van der Waals surface area contributed by atoms with E-state index < -0.39 is 5.82 Å². The first kappa shape index (κ1) is 11.1. The Morgan fingerprint density at radius 2 is 2.00 bits per heavy atom. The fraction of sp³-hybridized carbons (Fsp3) is 0.273. The molecule has 0 amide bonds. The lowest BCUT2D eigenvalue weighted by Gasteiger charge is -2.12. The van der Waals surface area contributed by atoms with E-state index in [2.05, 4.69) is 6.58 Å². The summed E-state index contributed by atoms with van der Waals surface area (Å²) in [6.45, 7) is 6.89. The lowest BCUT2D eigenvalue weighted by molar-refractivity contribution is 0.456. The molecule has 0 fully saturated rings. The van der Waals surface area contributed by atoms with Crippen molar-refractivity contribution in [1.82, 2.24) is 0 Å². The molecule has 76 valence electrons. The fourth-order valence-electron chi connectivity index (χ4n) is 1.30. The van der Waals surface area contributed by atoms with E-state index in [1.165, 1.54) is 6.08 Å². The maximum absolute atomic E-state index is 13.6. The van der Waals surface area contributed by atoms with Gasteiger partial charge in [0.15, 0.2) is 0 Å². The van der Waals surface area contributed by atoms with Crippen LogP contribution in [0.1, 0.15) is 16.7 Å². The van der Waals surface area contributed by atoms with Gasteiger partial charge in [0.2, 0.25) is 0 Å². The van der Waals surface area contributed by atoms with Gasteiger partial charge in [0.25, 0.3) is 0 Å². The van der Waals surface area contributed by atoms with E-state index in [0.717, 1.165) is 0 Å². The zero-order chi connectivity index (χ0) is 10.9. The number of halogens is 2. The van der Waals surface area contributed by atoms with Crippen LogP contribution in [-0.2, 0) is 6.42 Å². The predicted molar refractivity (Wildman–Crippen MR) is 56.4 cm³/mol. The molecule has 3 heteroatoms. The van der Waals surface area contributed by atoms with Crippen LogP contribution in [0.3, 0.4) is 0 Å². The summed E-state index contributed by atoms with van der Waals surface area (Å²) in [5, 5.41) is 9.75. The molecule has 0 aliphatic rings. The van der Waals surface area contributed by atoms with Crippen LogP contribution in [-0.4, -0.2) is 5.11 Å². The van der Waals surface area contributed by atoms with Gasteiger partial charge >= 0.3 is 0 Å². The number of phenolic OH excluding ortho intramolecular Hbond substituents is 1. The Balaban J connectivity index is 3.50. The number of phenols is 1. The molecule has 0 aliphatic heterocycles. The number of hydrogen-bond donors (Lipinski definition) is 1. The van der Waals surface area contributed by atoms with Crippen molar-refractivity contribution in [2.24, 2.45) is 0 Å². The van der Waals surface area contributed by atoms with E-state index in [9.17, 15) is 9.50 Å². The highest BCUT2D eigenvalue weighted by atomic mass is 35.5. The highest BCUT2D eigenvalue weighted by Gasteiger charge is 2.17. The first-order chi connectivity index (χ1) is 6.50. The summed E-state index contributed by atoms with van der Waals surface area (Å²) < 4.78 is 13.6. The van der Waals surface area contributed by atoms with Gasteiger partial charge < -0.3 is 5.11 Å². The molecule has 0 radical (unpaired) electrons. The molecule has 14 heavy (non-hydrogen) atoms. The molecule has 0 spiro atoms. The molecule has 1 N–H and O–H groups in total. The van der Waals surface area contributed by atoms with Crippen molar-refractivity contribution in [2.75, 3.05) is 0 Å². The minimum Gasteiger partial charge on any atom is -0.507 e. The lowest BCUT2D eigenvalue weighted by Crippen LogP contribution is -1.96. The quantitative estimate of drug-likeness (QED) is 0.747. The van der Waals surface area contributed by atoms with Crippen LogP contribution in [0.25, 0.3) is 0 Å². The summed E-state index contributed by atoms with van der Waals surface area (Å²) >= 11 is 5.78. The number of aromatic hydroxyl groups is 1. The van der Waals surface area contributed by atoms with Crippen molar-refractivity contribution >= 4 is 11.6 Å². The third kappa shape index (κ3) is 1.62. The Hall–Kier alpha value is -1.02. The van der Waals surface area contributed by atoms with Gasteiger partial charge in [-0.2, -0.15) is 0 Å². The van der Waals surface area contributed by atoms with Gasteiger partial charge in [-0.15, -0.1) is 6.58 Å². The molecule has 0 saturated heterocycles. The highest BCUT2D eigenvalue weighted by Crippen LogP contribution is 2.34. The molecule has 0 saturated carbocycles. The van der Waals surface area contributed by atoms with E-state index >= 15 is 0 Å². The molecule has 0 aliphatic carbocycles. The van der Waals surface area contributed by atoms with Crippen molar-refractivity contribution in [3.63, 3.8) is 0 Å². The van der Waals surface area contributed by atoms with E-state index in [-0.39, 0.29) is 22.8 Å². The standard InChI is InChI=1S/C11H12ClFO/c1-4-5-8-10(13)9(12)6(2)7(3)11(8)14/h4,14H,1,5H2,2-3H3. The molecular formula is C11H12ClFO. The van der Waals surface area contributed by atoms with Crippen LogP contribution < -0.4 is 0 Å². The van der Waals surface area contributed by atoms with Crippen LogP contribution >= 0.6 is 11.6 Å². The highest BCUT2D eigenvalue weighted by molar-refractivity contribution is 6.31. The van der Waals surface area contributed by atoms with Crippen LogP contribution in [0.5, 0.6) is 5.75 Å². The first-order valence-electron chi connectivity index (χ1n) is 4.27. The Labute approximate surface area is 87.8 Å². The Morgan fingerprint density at radius 1 is 1.43 bits per heavy atom. The summed E-state index contributed by atoms with van der Waals surface area (Å²) in [4.78, 5) is 0. The van der Waals surface area contributed by atoms with Gasteiger partial charge in [0.05, 0.1) is 5.02 Å². The minimum absolute atomic E-state index is 0.0238. The largest absolute Gasteiger partial charge is 0.507 e. The average Bonchev–Trinajstić information content (AvgIpc) is 2.19. The monoisotopic (exact) mass is 214 g/mol. The molecule has 0 bridgehead atoms. The molecule has 1 aromatic rings. The summed E-state index contributed by atoms with van der Waals surface area (Å²) in [5.41, 5.74) is 1.41. The van der Waals surface area contributed by atoms with E-state index in [0.29, 0.717) is 11.1 Å². The summed E-state index contributed by atoms with van der Waals surface area (Å²) in [6.07, 6.45) is 1.81. The Kier molecular flexibility index (Phi) is 3.17. The van der Waals surface area contributed by atoms with Crippen LogP contribution in [0.2, 0.25) is 5.02 Å². The van der Waals surface area contributed by atoms with Gasteiger partial charge in [0.1, 0.15) is 11.6 Å². The molecule has 1 aromatic carbocycles. The maximum Gasteiger partial charge on any atom is 0.149 e. The van der Waals surface area contributed by atoms with Crippen molar-refractivity contribution in [3.8, 4) is 5.75 Å². The second-order valence-electron chi connectivity index (χ2n) is 3.20. The average molecular weight is 215 g/mol. The molecule has 0 heterocycles. The van der Waals surface area contributed by atoms with Crippen molar-refractivity contribution in [1.29, 1.82) is 0 Å². The summed E-state index contributed by atoms with van der Waals surface area (Å²) in [6, 6.07) is 0. The zero-order valence-electron chi connectivity index (χ0n) is 8.19. The van der Waals surface area contributed by atoms with Crippen molar-refractivity contribution < 1.29 is 9.50 Å². The SMILES string of the molecule is C=CCc1c(O)c(C)c(C)c(Cl)c1F. The molecule has 0 atom stereocenters. The topological polar surface area (TPSA) is 20.2 Å².